The summed E-state index contributed by atoms with van der Waals surface area (Å²) < 4.78 is 116. The molecule has 0 saturated heterocycles. The highest BCUT2D eigenvalue weighted by Crippen LogP contribution is 2.43. The Morgan fingerprint density at radius 1 is 0.750 bits per heavy atom. The lowest BCUT2D eigenvalue weighted by atomic mass is 10.1. The van der Waals surface area contributed by atoms with Crippen LogP contribution in [0.25, 0.3) is 21.5 Å². The van der Waals surface area contributed by atoms with Gasteiger partial charge in [-0.2, -0.15) is 34.6 Å². The second-order valence-electron chi connectivity index (χ2n) is 8.97. The molecule has 0 amide bonds. The maximum atomic E-state index is 13.6. The standard InChI is InChI=1S/C24H17FN5O10PS3/c25-24-27-19(10-20(41)28-24)26-12-4-5-13-11(8-12)9-18(43(35,36)37)21(22(13)31)30-29-16-7-6-14-15(23(16)44(38,39)40)2-1-3-17(14)42(32,33)34/h1-10,31H,41H2,(H,26,27,28)(H,32,33,34)(H,35,36,37)(H,38,39,40). The summed E-state index contributed by atoms with van der Waals surface area (Å²) in [5, 5.41) is 20.5. The van der Waals surface area contributed by atoms with Crippen LogP contribution in [0.2, 0.25) is 0 Å². The molecule has 1 heterocycles. The van der Waals surface area contributed by atoms with Gasteiger partial charge in [0.2, 0.25) is 0 Å². The van der Waals surface area contributed by atoms with Gasteiger partial charge < -0.3 is 10.4 Å². The predicted molar refractivity (Wildman–Crippen MR) is 158 cm³/mol. The average molecular weight is 682 g/mol. The molecule has 5 aromatic rings. The number of aromatic nitrogens is 2. The molecule has 4 aromatic carbocycles. The van der Waals surface area contributed by atoms with Gasteiger partial charge in [0.25, 0.3) is 30.4 Å². The Balaban J connectivity index is 1.67. The number of aromatic hydroxyl groups is 1. The van der Waals surface area contributed by atoms with Gasteiger partial charge in [-0.15, -0.1) is 10.2 Å². The van der Waals surface area contributed by atoms with Crippen molar-refractivity contribution in [2.45, 2.75) is 14.7 Å². The summed E-state index contributed by atoms with van der Waals surface area (Å²) in [7, 11) is -12.9. The van der Waals surface area contributed by atoms with Crippen LogP contribution in [0, 0.1) is 6.08 Å². The van der Waals surface area contributed by atoms with Crippen molar-refractivity contribution in [3.05, 3.63) is 66.7 Å². The van der Waals surface area contributed by atoms with Crippen LogP contribution in [0.4, 0.5) is 27.3 Å². The van der Waals surface area contributed by atoms with Gasteiger partial charge in [0, 0.05) is 27.9 Å². The van der Waals surface area contributed by atoms with Crippen LogP contribution >= 0.6 is 9.24 Å². The number of anilines is 2. The summed E-state index contributed by atoms with van der Waals surface area (Å²) in [6, 6.07) is 11.6. The summed E-state index contributed by atoms with van der Waals surface area (Å²) in [5.41, 5.74) is -0.907. The van der Waals surface area contributed by atoms with E-state index in [1.54, 1.807) is 0 Å². The van der Waals surface area contributed by atoms with Crippen LogP contribution in [0.5, 0.6) is 5.75 Å². The summed E-state index contributed by atoms with van der Waals surface area (Å²) in [6.07, 6.45) is -1.01. The van der Waals surface area contributed by atoms with E-state index in [0.717, 1.165) is 36.4 Å². The summed E-state index contributed by atoms with van der Waals surface area (Å²) >= 11 is 0. The van der Waals surface area contributed by atoms with E-state index in [1.807, 2.05) is 0 Å². The third-order valence-electron chi connectivity index (χ3n) is 6.06. The molecule has 0 spiro atoms. The van der Waals surface area contributed by atoms with Gasteiger partial charge in [0.1, 0.15) is 31.9 Å². The summed E-state index contributed by atoms with van der Waals surface area (Å²) in [6.45, 7) is 0. The van der Waals surface area contributed by atoms with E-state index in [-0.39, 0.29) is 38.5 Å². The monoisotopic (exact) mass is 681 g/mol. The minimum atomic E-state index is -5.15. The number of hydrogen-bond acceptors (Lipinski definition) is 12. The molecule has 1 unspecified atom stereocenters. The second-order valence-corrected chi connectivity index (χ2v) is 13.7. The van der Waals surface area contributed by atoms with Gasteiger partial charge in [0.15, 0.2) is 5.75 Å². The lowest BCUT2D eigenvalue weighted by Crippen LogP contribution is -2.06. The highest BCUT2D eigenvalue weighted by molar-refractivity contribution is 7.86. The number of fused-ring (bicyclic) bond motifs is 2. The molecule has 5 rings (SSSR count). The quantitative estimate of drug-likeness (QED) is 0.0706. The average Bonchev–Trinajstić information content (AvgIpc) is 2.89. The number of halogens is 1. The maximum absolute atomic E-state index is 13.6. The van der Waals surface area contributed by atoms with Gasteiger partial charge in [-0.1, -0.05) is 27.4 Å². The van der Waals surface area contributed by atoms with Crippen molar-refractivity contribution in [1.29, 1.82) is 0 Å². The minimum absolute atomic E-state index is 0.00353. The van der Waals surface area contributed by atoms with E-state index in [2.05, 4.69) is 34.8 Å². The van der Waals surface area contributed by atoms with E-state index in [0.29, 0.717) is 0 Å². The zero-order valence-corrected chi connectivity index (χ0v) is 25.1. The van der Waals surface area contributed by atoms with Crippen LogP contribution in [0.15, 0.2) is 85.6 Å². The zero-order valence-electron chi connectivity index (χ0n) is 21.5. The Kier molecular flexibility index (Phi) is 7.83. The van der Waals surface area contributed by atoms with Gasteiger partial charge >= 0.3 is 6.08 Å². The number of benzene rings is 4. The molecule has 0 aliphatic heterocycles. The molecule has 0 saturated carbocycles. The largest absolute Gasteiger partial charge is 0.505 e. The fourth-order valence-electron chi connectivity index (χ4n) is 4.34. The van der Waals surface area contributed by atoms with Gasteiger partial charge in [-0.3, -0.25) is 13.7 Å². The van der Waals surface area contributed by atoms with E-state index < -0.39 is 68.2 Å². The number of phenols is 1. The Hall–Kier alpha value is -4.23. The molecule has 0 aliphatic carbocycles. The fourth-order valence-corrected chi connectivity index (χ4v) is 6.80. The summed E-state index contributed by atoms with van der Waals surface area (Å²) in [4.78, 5) is 4.53. The second kappa shape index (κ2) is 11.0. The third-order valence-corrected chi connectivity index (χ3v) is 9.08. The van der Waals surface area contributed by atoms with E-state index in [9.17, 15) is 48.4 Å². The smallest absolute Gasteiger partial charge is 0.311 e. The molecular weight excluding hydrogens is 664 g/mol. The SMILES string of the molecule is O=S(=O)(O)c1cc2cc(Nc3cc(P)nc(F)n3)ccc2c(O)c1N=Nc1ccc2c(S(=O)(=O)O)cccc2c1S(=O)(=O)O. The topological polar surface area (TPSA) is 246 Å². The molecular formula is C24H17FN5O10PS3. The van der Waals surface area contributed by atoms with Crippen molar-refractivity contribution >= 4 is 89.5 Å². The van der Waals surface area contributed by atoms with Crippen molar-refractivity contribution in [3.63, 3.8) is 0 Å². The molecule has 0 radical (unpaired) electrons. The number of nitrogens with one attached hydrogen (secondary N) is 1. The molecule has 44 heavy (non-hydrogen) atoms. The molecule has 0 aliphatic rings. The minimum Gasteiger partial charge on any atom is -0.505 e. The third kappa shape index (κ3) is 6.20. The predicted octanol–water partition coefficient (Wildman–Crippen LogP) is 4.03. The molecule has 20 heteroatoms. The Labute approximate surface area is 250 Å². The molecule has 0 fully saturated rings. The first-order valence-electron chi connectivity index (χ1n) is 11.7. The lowest BCUT2D eigenvalue weighted by Gasteiger charge is -2.12. The van der Waals surface area contributed by atoms with Crippen LogP contribution in [0.3, 0.4) is 0 Å². The maximum Gasteiger partial charge on any atom is 0.311 e. The first-order chi connectivity index (χ1) is 20.4. The van der Waals surface area contributed by atoms with Gasteiger partial charge in [-0.05, 0) is 41.8 Å². The van der Waals surface area contributed by atoms with Crippen LogP contribution in [0.1, 0.15) is 0 Å². The van der Waals surface area contributed by atoms with Crippen molar-refractivity contribution in [2.75, 3.05) is 5.32 Å². The van der Waals surface area contributed by atoms with Crippen molar-refractivity contribution in [3.8, 4) is 5.75 Å². The first kappa shape index (κ1) is 31.2. The first-order valence-corrected chi connectivity index (χ1v) is 16.6. The molecule has 228 valence electrons. The number of nitrogens with zero attached hydrogens (tertiary/aromatic N) is 4. The lowest BCUT2D eigenvalue weighted by molar-refractivity contribution is 0.472. The van der Waals surface area contributed by atoms with Crippen molar-refractivity contribution < 1.29 is 48.4 Å². The van der Waals surface area contributed by atoms with Crippen molar-refractivity contribution in [2.24, 2.45) is 10.2 Å². The number of rotatable bonds is 7. The van der Waals surface area contributed by atoms with Crippen molar-refractivity contribution in [1.82, 2.24) is 9.97 Å². The number of azo groups is 1. The summed E-state index contributed by atoms with van der Waals surface area (Å²) in [5.74, 6) is -0.742. The van der Waals surface area contributed by atoms with E-state index in [1.165, 1.54) is 24.3 Å². The Bertz CT molecular complexity index is 2370. The number of phenolic OH excluding ortho intramolecular Hbond substituents is 1. The Morgan fingerprint density at radius 3 is 2.07 bits per heavy atom. The molecule has 1 atom stereocenters. The van der Waals surface area contributed by atoms with Crippen LogP contribution < -0.4 is 10.8 Å². The van der Waals surface area contributed by atoms with E-state index >= 15 is 0 Å². The molecule has 0 bridgehead atoms. The highest BCUT2D eigenvalue weighted by atomic mass is 32.2. The highest BCUT2D eigenvalue weighted by Gasteiger charge is 2.25. The van der Waals surface area contributed by atoms with Gasteiger partial charge in [0.05, 0.1) is 5.44 Å². The van der Waals surface area contributed by atoms with E-state index in [4.69, 9.17) is 0 Å². The van der Waals surface area contributed by atoms with Crippen LogP contribution in [-0.4, -0.2) is 54.0 Å². The fraction of sp³-hybridized carbons (Fsp3) is 0. The van der Waals surface area contributed by atoms with Crippen LogP contribution in [-0.2, 0) is 30.4 Å². The van der Waals surface area contributed by atoms with Gasteiger partial charge in [-0.25, -0.2) is 4.98 Å². The molecule has 1 aromatic heterocycles. The number of hydrogen-bond donors (Lipinski definition) is 5. The zero-order chi connectivity index (χ0) is 32.2. The molecule has 5 N–H and O–H groups in total. The normalized spacial score (nSPS) is 12.8. The molecule has 15 nitrogen and oxygen atoms in total. The Morgan fingerprint density at radius 2 is 1.43 bits per heavy atom.